The van der Waals surface area contributed by atoms with E-state index in [1.165, 1.54) is 19.1 Å². The van der Waals surface area contributed by atoms with Gasteiger partial charge in [0.1, 0.15) is 5.71 Å². The van der Waals surface area contributed by atoms with Crippen LogP contribution in [0.4, 0.5) is 13.2 Å². The highest BCUT2D eigenvalue weighted by Gasteiger charge is 2.46. The SMILES string of the molecule is CC1=C(C(=O)c2ccccc2)C(C(F)(F)F)=N[B-](c2ccccc2)(c2ccccc2)O1. The number of allylic oxidation sites excluding steroid dienone is 2. The van der Waals surface area contributed by atoms with Crippen LogP contribution in [0.1, 0.15) is 17.3 Å². The summed E-state index contributed by atoms with van der Waals surface area (Å²) in [6, 6.07) is 25.0. The zero-order valence-electron chi connectivity index (χ0n) is 16.6. The van der Waals surface area contributed by atoms with E-state index in [0.717, 1.165) is 0 Å². The van der Waals surface area contributed by atoms with Crippen molar-refractivity contribution in [2.45, 2.75) is 13.1 Å². The lowest BCUT2D eigenvalue weighted by Gasteiger charge is -2.45. The summed E-state index contributed by atoms with van der Waals surface area (Å²) in [5.74, 6) is -0.886. The normalized spacial score (nSPS) is 15.8. The topological polar surface area (TPSA) is 38.7 Å². The Labute approximate surface area is 177 Å². The molecule has 3 aromatic rings. The molecule has 0 aliphatic carbocycles. The van der Waals surface area contributed by atoms with Gasteiger partial charge in [0.2, 0.25) is 0 Å². The monoisotopic (exact) mass is 420 g/mol. The second-order valence-electron chi connectivity index (χ2n) is 7.28. The van der Waals surface area contributed by atoms with Crippen LogP contribution in [0.5, 0.6) is 0 Å². The molecule has 3 nitrogen and oxygen atoms in total. The third kappa shape index (κ3) is 3.79. The quantitative estimate of drug-likeness (QED) is 0.463. The van der Waals surface area contributed by atoms with E-state index in [1.54, 1.807) is 78.9 Å². The zero-order valence-corrected chi connectivity index (χ0v) is 16.6. The Kier molecular flexibility index (Phi) is 5.27. The number of alkyl halides is 3. The number of rotatable bonds is 4. The van der Waals surface area contributed by atoms with Crippen LogP contribution in [0.2, 0.25) is 0 Å². The number of hydrogen-bond acceptors (Lipinski definition) is 3. The first-order valence-corrected chi connectivity index (χ1v) is 9.75. The van der Waals surface area contributed by atoms with Crippen molar-refractivity contribution in [1.82, 2.24) is 0 Å². The average molecular weight is 420 g/mol. The zero-order chi connectivity index (χ0) is 22.1. The molecule has 31 heavy (non-hydrogen) atoms. The largest absolute Gasteiger partial charge is 0.692 e. The number of ketones is 1. The van der Waals surface area contributed by atoms with Gasteiger partial charge in [0.25, 0.3) is 0 Å². The molecule has 0 spiro atoms. The summed E-state index contributed by atoms with van der Waals surface area (Å²) in [7, 11) is 0. The fourth-order valence-corrected chi connectivity index (χ4v) is 3.88. The minimum atomic E-state index is -4.85. The molecule has 0 bridgehead atoms. The lowest BCUT2D eigenvalue weighted by Crippen LogP contribution is -2.62. The van der Waals surface area contributed by atoms with Gasteiger partial charge in [0.15, 0.2) is 5.78 Å². The Bertz CT molecular complexity index is 1120. The molecule has 0 fully saturated rings. The van der Waals surface area contributed by atoms with Crippen molar-refractivity contribution in [3.8, 4) is 0 Å². The van der Waals surface area contributed by atoms with Crippen molar-refractivity contribution in [2.24, 2.45) is 4.90 Å². The molecule has 0 aromatic heterocycles. The Morgan fingerprint density at radius 2 is 1.26 bits per heavy atom. The molecule has 156 valence electrons. The maximum atomic E-state index is 14.3. The highest BCUT2D eigenvalue weighted by molar-refractivity contribution is 6.97. The molecule has 0 saturated heterocycles. The molecule has 1 aliphatic heterocycles. The Hall–Kier alpha value is -3.61. The molecular weight excluding hydrogens is 402 g/mol. The van der Waals surface area contributed by atoms with Crippen molar-refractivity contribution in [3.63, 3.8) is 0 Å². The summed E-state index contributed by atoms with van der Waals surface area (Å²) in [4.78, 5) is 17.2. The lowest BCUT2D eigenvalue weighted by molar-refractivity contribution is -0.0585. The Morgan fingerprint density at radius 3 is 1.71 bits per heavy atom. The predicted octanol–water partition coefficient (Wildman–Crippen LogP) is 4.43. The van der Waals surface area contributed by atoms with Crippen LogP contribution in [0.15, 0.2) is 107 Å². The van der Waals surface area contributed by atoms with E-state index in [-0.39, 0.29) is 11.3 Å². The minimum Gasteiger partial charge on any atom is -0.692 e. The molecule has 0 atom stereocenters. The number of benzene rings is 3. The first-order valence-electron chi connectivity index (χ1n) is 9.75. The summed E-state index contributed by atoms with van der Waals surface area (Å²) in [5, 5.41) is 0. The van der Waals surface area contributed by atoms with Gasteiger partial charge >= 0.3 is 12.7 Å². The van der Waals surface area contributed by atoms with Gasteiger partial charge < -0.3 is 9.56 Å². The van der Waals surface area contributed by atoms with E-state index >= 15 is 0 Å². The summed E-state index contributed by atoms with van der Waals surface area (Å²) in [6.07, 6.45) is -4.85. The molecule has 1 heterocycles. The van der Waals surface area contributed by atoms with E-state index in [4.69, 9.17) is 4.65 Å². The maximum Gasteiger partial charge on any atom is 0.430 e. The molecule has 0 radical (unpaired) electrons. The van der Waals surface area contributed by atoms with Gasteiger partial charge in [-0.2, -0.15) is 13.2 Å². The van der Waals surface area contributed by atoms with Gasteiger partial charge in [-0.15, -0.1) is 10.9 Å². The highest BCUT2D eigenvalue weighted by Crippen LogP contribution is 2.33. The van der Waals surface area contributed by atoms with Gasteiger partial charge in [-0.05, 0) is 6.92 Å². The smallest absolute Gasteiger partial charge is 0.430 e. The molecule has 0 N–H and O–H groups in total. The van der Waals surface area contributed by atoms with E-state index in [1.807, 2.05) is 0 Å². The van der Waals surface area contributed by atoms with Crippen molar-refractivity contribution < 1.29 is 22.6 Å². The maximum absolute atomic E-state index is 14.3. The molecule has 3 aromatic carbocycles. The molecule has 7 heteroatoms. The predicted molar refractivity (Wildman–Crippen MR) is 116 cm³/mol. The first-order chi connectivity index (χ1) is 14.8. The molecule has 1 aliphatic rings. The molecule has 4 rings (SSSR count). The van der Waals surface area contributed by atoms with Crippen molar-refractivity contribution >= 4 is 28.9 Å². The number of hydrogen-bond donors (Lipinski definition) is 0. The Morgan fingerprint density at radius 1 is 0.806 bits per heavy atom. The van der Waals surface area contributed by atoms with Crippen LogP contribution in [0.3, 0.4) is 0 Å². The summed E-state index contributed by atoms with van der Waals surface area (Å²) < 4.78 is 48.9. The highest BCUT2D eigenvalue weighted by atomic mass is 19.4. The molecular formula is C24H18BF3NO2-. The van der Waals surface area contributed by atoms with Crippen molar-refractivity contribution in [2.75, 3.05) is 0 Å². The summed E-state index contributed by atoms with van der Waals surface area (Å²) in [5.41, 5.74) is -0.681. The standard InChI is InChI=1S/C24H18BF3NO2/c1-17-21(22(30)18-11-5-2-6-12-18)23(24(26,27)28)29-25(31-17,19-13-7-3-8-14-19)20-15-9-4-10-16-20/h2-16H,1H3/q-1. The third-order valence-corrected chi connectivity index (χ3v) is 5.28. The van der Waals surface area contributed by atoms with Gasteiger partial charge in [-0.25, -0.2) is 0 Å². The van der Waals surface area contributed by atoms with Gasteiger partial charge in [-0.1, -0.05) is 91.0 Å². The van der Waals surface area contributed by atoms with Crippen LogP contribution in [-0.2, 0) is 4.65 Å². The second kappa shape index (κ2) is 7.91. The molecule has 0 unspecified atom stereocenters. The summed E-state index contributed by atoms with van der Waals surface area (Å²) >= 11 is 0. The number of halogens is 3. The van der Waals surface area contributed by atoms with Crippen LogP contribution >= 0.6 is 0 Å². The molecule has 0 saturated carbocycles. The fraction of sp³-hybridized carbons (Fsp3) is 0.0833. The van der Waals surface area contributed by atoms with Crippen LogP contribution in [0.25, 0.3) is 0 Å². The van der Waals surface area contributed by atoms with E-state index in [9.17, 15) is 18.0 Å². The van der Waals surface area contributed by atoms with E-state index in [2.05, 4.69) is 4.90 Å². The number of carbonyl (C=O) groups excluding carboxylic acids is 1. The third-order valence-electron chi connectivity index (χ3n) is 5.28. The van der Waals surface area contributed by atoms with Gasteiger partial charge in [0, 0.05) is 5.56 Å². The second-order valence-corrected chi connectivity index (χ2v) is 7.28. The first kappa shape index (κ1) is 20.7. The van der Waals surface area contributed by atoms with Gasteiger partial charge in [0.05, 0.1) is 11.3 Å². The van der Waals surface area contributed by atoms with Gasteiger partial charge in [-0.3, -0.25) is 4.79 Å². The van der Waals surface area contributed by atoms with Crippen LogP contribution < -0.4 is 10.9 Å². The van der Waals surface area contributed by atoms with E-state index < -0.39 is 29.7 Å². The lowest BCUT2D eigenvalue weighted by atomic mass is 9.41. The Balaban J connectivity index is 1.96. The van der Waals surface area contributed by atoms with Crippen LogP contribution in [0, 0.1) is 0 Å². The fourth-order valence-electron chi connectivity index (χ4n) is 3.88. The minimum absolute atomic E-state index is 0.108. The van der Waals surface area contributed by atoms with Crippen molar-refractivity contribution in [3.05, 3.63) is 108 Å². The molecule has 0 amide bonds. The van der Waals surface area contributed by atoms with E-state index in [0.29, 0.717) is 10.9 Å². The number of Topliss-reactive ketones (excluding diaryl/α,β-unsaturated/α-hetero) is 1. The van der Waals surface area contributed by atoms with Crippen LogP contribution in [-0.4, -0.2) is 24.2 Å². The number of carbonyl (C=O) groups is 1. The number of nitrogens with zero attached hydrogens (tertiary/aromatic N) is 1. The average Bonchev–Trinajstić information content (AvgIpc) is 2.79. The summed E-state index contributed by atoms with van der Waals surface area (Å²) in [6.45, 7) is -1.25. The van der Waals surface area contributed by atoms with Crippen molar-refractivity contribution in [1.29, 1.82) is 0 Å².